The van der Waals surface area contributed by atoms with E-state index < -0.39 is 41.6 Å². The van der Waals surface area contributed by atoms with Crippen LogP contribution in [-0.2, 0) is 19.9 Å². The van der Waals surface area contributed by atoms with Gasteiger partial charge in [-0.25, -0.2) is 25.6 Å². The molecule has 2 aromatic rings. The van der Waals surface area contributed by atoms with Crippen molar-refractivity contribution in [2.45, 2.75) is 16.6 Å². The van der Waals surface area contributed by atoms with E-state index in [1.807, 2.05) is 0 Å². The maximum Gasteiger partial charge on any atom is 0.246 e. The third-order valence-corrected chi connectivity index (χ3v) is 9.25. The van der Waals surface area contributed by atoms with Gasteiger partial charge in [-0.3, -0.25) is 0 Å². The van der Waals surface area contributed by atoms with Crippen LogP contribution < -0.4 is 0 Å². The molecule has 1 atom stereocenters. The summed E-state index contributed by atoms with van der Waals surface area (Å²) >= 11 is 1.30. The third-order valence-electron chi connectivity index (χ3n) is 4.07. The summed E-state index contributed by atoms with van der Waals surface area (Å²) in [6, 6.07) is 5.66. The minimum atomic E-state index is -4.24. The van der Waals surface area contributed by atoms with E-state index in [4.69, 9.17) is 0 Å². The van der Waals surface area contributed by atoms with E-state index in [0.29, 0.717) is 10.9 Å². The number of thiophene rings is 1. The normalized spacial score (nSPS) is 21.8. The number of hydrogen-bond acceptors (Lipinski definition) is 5. The van der Waals surface area contributed by atoms with E-state index in [1.165, 1.54) is 11.3 Å². The molecule has 0 N–H and O–H groups in total. The SMILES string of the molecule is O=S1(=O)CCN(S(=O)(=O)c2ccc(F)cc2F)CCC1c1cccs1. The molecule has 1 fully saturated rings. The highest BCUT2D eigenvalue weighted by Crippen LogP contribution is 2.33. The number of sulfone groups is 1. The number of halogens is 2. The number of rotatable bonds is 3. The van der Waals surface area contributed by atoms with Gasteiger partial charge in [0.25, 0.3) is 0 Å². The van der Waals surface area contributed by atoms with Crippen molar-refractivity contribution in [3.63, 3.8) is 0 Å². The zero-order valence-electron chi connectivity index (χ0n) is 12.9. The molecular formula is C15H15F2NO4S3. The molecule has 0 radical (unpaired) electrons. The summed E-state index contributed by atoms with van der Waals surface area (Å²) < 4.78 is 78.1. The molecular weight excluding hydrogens is 392 g/mol. The molecule has 0 spiro atoms. The fourth-order valence-electron chi connectivity index (χ4n) is 2.78. The van der Waals surface area contributed by atoms with Crippen molar-refractivity contribution in [2.75, 3.05) is 18.8 Å². The first-order valence-electron chi connectivity index (χ1n) is 7.42. The van der Waals surface area contributed by atoms with Crippen molar-refractivity contribution < 1.29 is 25.6 Å². The van der Waals surface area contributed by atoms with Crippen molar-refractivity contribution in [2.24, 2.45) is 0 Å². The number of sulfonamides is 1. The predicted octanol–water partition coefficient (Wildman–Crippen LogP) is 2.58. The lowest BCUT2D eigenvalue weighted by molar-refractivity contribution is 0.423. The summed E-state index contributed by atoms with van der Waals surface area (Å²) in [4.78, 5) is 0.00748. The molecule has 2 heterocycles. The molecule has 5 nitrogen and oxygen atoms in total. The lowest BCUT2D eigenvalue weighted by atomic mass is 10.2. The van der Waals surface area contributed by atoms with Crippen LogP contribution in [0.5, 0.6) is 0 Å². The number of benzene rings is 1. The first kappa shape index (κ1) is 18.4. The van der Waals surface area contributed by atoms with Crippen LogP contribution in [0.25, 0.3) is 0 Å². The molecule has 0 bridgehead atoms. The van der Waals surface area contributed by atoms with Gasteiger partial charge in [0.05, 0.1) is 11.0 Å². The Morgan fingerprint density at radius 1 is 1.16 bits per heavy atom. The van der Waals surface area contributed by atoms with Gasteiger partial charge in [-0.2, -0.15) is 4.31 Å². The van der Waals surface area contributed by atoms with Gasteiger partial charge in [-0.1, -0.05) is 6.07 Å². The molecule has 0 aliphatic carbocycles. The second-order valence-electron chi connectivity index (χ2n) is 5.64. The molecule has 1 aliphatic rings. The van der Waals surface area contributed by atoms with Crippen LogP contribution in [-0.4, -0.2) is 40.0 Å². The minimum Gasteiger partial charge on any atom is -0.228 e. The van der Waals surface area contributed by atoms with Gasteiger partial charge < -0.3 is 0 Å². The zero-order valence-corrected chi connectivity index (χ0v) is 15.4. The summed E-state index contributed by atoms with van der Waals surface area (Å²) in [7, 11) is -7.77. The van der Waals surface area contributed by atoms with E-state index in [9.17, 15) is 25.6 Å². The quantitative estimate of drug-likeness (QED) is 0.784. The van der Waals surface area contributed by atoms with Gasteiger partial charge in [0.2, 0.25) is 10.0 Å². The molecule has 1 saturated heterocycles. The largest absolute Gasteiger partial charge is 0.246 e. The first-order chi connectivity index (χ1) is 11.7. The average molecular weight is 407 g/mol. The smallest absolute Gasteiger partial charge is 0.228 e. The lowest BCUT2D eigenvalue weighted by Crippen LogP contribution is -2.34. The Balaban J connectivity index is 1.92. The zero-order chi connectivity index (χ0) is 18.2. The van der Waals surface area contributed by atoms with E-state index in [1.54, 1.807) is 17.5 Å². The molecule has 1 aliphatic heterocycles. The molecule has 1 unspecified atom stereocenters. The van der Waals surface area contributed by atoms with E-state index in [-0.39, 0.29) is 25.3 Å². The number of hydrogen-bond donors (Lipinski definition) is 0. The van der Waals surface area contributed by atoms with Crippen LogP contribution >= 0.6 is 11.3 Å². The van der Waals surface area contributed by atoms with E-state index in [0.717, 1.165) is 16.4 Å². The average Bonchev–Trinajstić information content (AvgIpc) is 2.98. The van der Waals surface area contributed by atoms with E-state index in [2.05, 4.69) is 0 Å². The summed E-state index contributed by atoms with van der Waals surface area (Å²) in [5, 5.41) is 0.990. The van der Waals surface area contributed by atoms with Crippen molar-refractivity contribution in [3.8, 4) is 0 Å². The molecule has 1 aromatic heterocycles. The predicted molar refractivity (Wildman–Crippen MR) is 90.6 cm³/mol. The van der Waals surface area contributed by atoms with Crippen LogP contribution in [0.2, 0.25) is 0 Å². The maximum atomic E-state index is 13.9. The molecule has 10 heteroatoms. The van der Waals surface area contributed by atoms with Crippen LogP contribution in [0, 0.1) is 11.6 Å². The van der Waals surface area contributed by atoms with Crippen LogP contribution in [0.3, 0.4) is 0 Å². The standard InChI is InChI=1S/C15H15F2NO4S3/c16-11-3-4-14(12(17)10-11)25(21,22)18-6-5-15(13-2-1-8-23-13)24(19,20)9-7-18/h1-4,8,10,15H,5-7,9H2. The van der Waals surface area contributed by atoms with Gasteiger partial charge in [0.15, 0.2) is 9.84 Å². The first-order valence-corrected chi connectivity index (χ1v) is 11.5. The van der Waals surface area contributed by atoms with Crippen molar-refractivity contribution >= 4 is 31.2 Å². The minimum absolute atomic E-state index is 0.0546. The van der Waals surface area contributed by atoms with Gasteiger partial charge >= 0.3 is 0 Å². The lowest BCUT2D eigenvalue weighted by Gasteiger charge is -2.19. The Hall–Kier alpha value is -1.36. The fourth-order valence-corrected chi connectivity index (χ4v) is 7.40. The van der Waals surface area contributed by atoms with Crippen molar-refractivity contribution in [3.05, 3.63) is 52.2 Å². The van der Waals surface area contributed by atoms with Gasteiger partial charge in [0.1, 0.15) is 16.5 Å². The molecule has 0 amide bonds. The maximum absolute atomic E-state index is 13.9. The van der Waals surface area contributed by atoms with E-state index >= 15 is 0 Å². The van der Waals surface area contributed by atoms with Gasteiger partial charge in [-0.05, 0) is 30.0 Å². The Morgan fingerprint density at radius 2 is 1.92 bits per heavy atom. The van der Waals surface area contributed by atoms with Crippen molar-refractivity contribution in [1.82, 2.24) is 4.31 Å². The topological polar surface area (TPSA) is 71.5 Å². The molecule has 136 valence electrons. The Labute approximate surface area is 148 Å². The van der Waals surface area contributed by atoms with Crippen LogP contribution in [0.1, 0.15) is 16.5 Å². The second-order valence-corrected chi connectivity index (χ2v) is 10.8. The second kappa shape index (κ2) is 6.75. The van der Waals surface area contributed by atoms with Crippen LogP contribution in [0.4, 0.5) is 8.78 Å². The Bertz CT molecular complexity index is 972. The Morgan fingerprint density at radius 3 is 2.56 bits per heavy atom. The summed E-state index contributed by atoms with van der Waals surface area (Å²) in [5.74, 6) is -2.42. The highest BCUT2D eigenvalue weighted by atomic mass is 32.2. The summed E-state index contributed by atoms with van der Waals surface area (Å²) in [6.45, 7) is -0.315. The highest BCUT2D eigenvalue weighted by molar-refractivity contribution is 7.92. The molecule has 25 heavy (non-hydrogen) atoms. The summed E-state index contributed by atoms with van der Waals surface area (Å²) in [6.07, 6.45) is 0.0882. The molecule has 3 rings (SSSR count). The highest BCUT2D eigenvalue weighted by Gasteiger charge is 2.36. The molecule has 1 aromatic carbocycles. The van der Waals surface area contributed by atoms with Crippen molar-refractivity contribution in [1.29, 1.82) is 0 Å². The monoisotopic (exact) mass is 407 g/mol. The third kappa shape index (κ3) is 3.62. The van der Waals surface area contributed by atoms with Gasteiger partial charge in [0, 0.05) is 24.0 Å². The Kier molecular flexibility index (Phi) is 4.97. The summed E-state index contributed by atoms with van der Waals surface area (Å²) in [5.41, 5.74) is 0. The number of nitrogens with zero attached hydrogens (tertiary/aromatic N) is 1. The van der Waals surface area contributed by atoms with Crippen LogP contribution in [0.15, 0.2) is 40.6 Å². The van der Waals surface area contributed by atoms with Gasteiger partial charge in [-0.15, -0.1) is 11.3 Å². The molecule has 0 saturated carbocycles. The fraction of sp³-hybridized carbons (Fsp3) is 0.333.